The number of nitrogens with one attached hydrogen (secondary N) is 1. The van der Waals surface area contributed by atoms with E-state index in [9.17, 15) is 4.79 Å². The predicted molar refractivity (Wildman–Crippen MR) is 86.3 cm³/mol. The Hall–Kier alpha value is -0.280. The lowest BCUT2D eigenvalue weighted by Crippen LogP contribution is -2.58. The highest BCUT2D eigenvalue weighted by Gasteiger charge is 2.38. The van der Waals surface area contributed by atoms with Crippen LogP contribution in [0.4, 0.5) is 0 Å². The molecule has 0 aromatic heterocycles. The molecule has 2 fully saturated rings. The smallest absolute Gasteiger partial charge is 0.242 e. The lowest BCUT2D eigenvalue weighted by molar-refractivity contribution is -0.138. The Balaban J connectivity index is 0.00000200. The molecule has 3 nitrogen and oxygen atoms in total. The molecule has 4 heteroatoms. The lowest BCUT2D eigenvalue weighted by atomic mass is 9.89. The van der Waals surface area contributed by atoms with Crippen molar-refractivity contribution in [1.82, 2.24) is 10.2 Å². The van der Waals surface area contributed by atoms with Crippen LogP contribution < -0.4 is 5.32 Å². The van der Waals surface area contributed by atoms with Crippen LogP contribution in [0.5, 0.6) is 0 Å². The second-order valence-corrected chi connectivity index (χ2v) is 6.94. The van der Waals surface area contributed by atoms with Crippen molar-refractivity contribution in [2.24, 2.45) is 11.8 Å². The molecular weight excluding hydrogens is 272 g/mol. The topological polar surface area (TPSA) is 32.3 Å². The van der Waals surface area contributed by atoms with Crippen LogP contribution in [0.1, 0.15) is 59.3 Å². The first-order chi connectivity index (χ1) is 9.03. The van der Waals surface area contributed by atoms with E-state index in [-0.39, 0.29) is 17.9 Å². The van der Waals surface area contributed by atoms with Crippen LogP contribution in [-0.4, -0.2) is 36.0 Å². The molecule has 0 aromatic rings. The fourth-order valence-electron chi connectivity index (χ4n) is 3.58. The van der Waals surface area contributed by atoms with E-state index in [1.807, 2.05) is 0 Å². The van der Waals surface area contributed by atoms with Crippen LogP contribution in [0.3, 0.4) is 0 Å². The van der Waals surface area contributed by atoms with Gasteiger partial charge in [0.05, 0.1) is 5.54 Å². The van der Waals surface area contributed by atoms with Gasteiger partial charge in [0.15, 0.2) is 0 Å². The van der Waals surface area contributed by atoms with Crippen molar-refractivity contribution in [3.05, 3.63) is 0 Å². The van der Waals surface area contributed by atoms with Crippen molar-refractivity contribution < 1.29 is 4.79 Å². The summed E-state index contributed by atoms with van der Waals surface area (Å²) in [5.41, 5.74) is -0.296. The normalized spacial score (nSPS) is 31.6. The van der Waals surface area contributed by atoms with Crippen molar-refractivity contribution in [1.29, 1.82) is 0 Å². The predicted octanol–water partition coefficient (Wildman–Crippen LogP) is 3.23. The van der Waals surface area contributed by atoms with Crippen molar-refractivity contribution in [3.8, 4) is 0 Å². The van der Waals surface area contributed by atoms with Crippen molar-refractivity contribution >= 4 is 18.3 Å². The average molecular weight is 303 g/mol. The number of nitrogens with zero attached hydrogens (tertiary/aromatic N) is 1. The van der Waals surface area contributed by atoms with Gasteiger partial charge in [-0.05, 0) is 63.8 Å². The maximum atomic E-state index is 12.8. The van der Waals surface area contributed by atoms with Crippen LogP contribution in [0.15, 0.2) is 0 Å². The number of amides is 1. The van der Waals surface area contributed by atoms with Gasteiger partial charge in [0.25, 0.3) is 0 Å². The minimum atomic E-state index is -0.296. The molecule has 2 atom stereocenters. The summed E-state index contributed by atoms with van der Waals surface area (Å²) in [6.45, 7) is 9.63. The molecule has 0 saturated carbocycles. The molecule has 1 N–H and O–H groups in total. The fourth-order valence-corrected chi connectivity index (χ4v) is 3.58. The second kappa shape index (κ2) is 7.65. The number of hydrogen-bond donors (Lipinski definition) is 1. The van der Waals surface area contributed by atoms with E-state index in [0.717, 1.165) is 37.9 Å². The SMILES string of the molecule is CC(C)C1CCCN(C(=O)C2(C)CCCCN2)CC1.Cl. The van der Waals surface area contributed by atoms with Gasteiger partial charge in [-0.25, -0.2) is 0 Å². The first kappa shape index (κ1) is 17.8. The van der Waals surface area contributed by atoms with Gasteiger partial charge in [0.2, 0.25) is 5.91 Å². The molecule has 0 radical (unpaired) electrons. The van der Waals surface area contributed by atoms with E-state index < -0.39 is 0 Å². The van der Waals surface area contributed by atoms with E-state index >= 15 is 0 Å². The molecule has 0 spiro atoms. The van der Waals surface area contributed by atoms with Gasteiger partial charge in [0, 0.05) is 13.1 Å². The van der Waals surface area contributed by atoms with Gasteiger partial charge in [-0.2, -0.15) is 0 Å². The first-order valence-electron chi connectivity index (χ1n) is 8.07. The third kappa shape index (κ3) is 4.11. The van der Waals surface area contributed by atoms with E-state index in [0.29, 0.717) is 5.91 Å². The zero-order chi connectivity index (χ0) is 13.9. The summed E-state index contributed by atoms with van der Waals surface area (Å²) in [4.78, 5) is 14.9. The molecule has 2 heterocycles. The third-order valence-corrected chi connectivity index (χ3v) is 5.09. The lowest BCUT2D eigenvalue weighted by Gasteiger charge is -2.37. The monoisotopic (exact) mass is 302 g/mol. The molecule has 20 heavy (non-hydrogen) atoms. The van der Waals surface area contributed by atoms with Gasteiger partial charge >= 0.3 is 0 Å². The summed E-state index contributed by atoms with van der Waals surface area (Å²) in [6, 6.07) is 0. The molecular formula is C16H31ClN2O. The first-order valence-corrected chi connectivity index (χ1v) is 8.07. The van der Waals surface area contributed by atoms with Crippen LogP contribution in [0.2, 0.25) is 0 Å². The maximum Gasteiger partial charge on any atom is 0.242 e. The molecule has 2 aliphatic heterocycles. The Bertz CT molecular complexity index is 314. The maximum absolute atomic E-state index is 12.8. The van der Waals surface area contributed by atoms with Gasteiger partial charge in [0.1, 0.15) is 0 Å². The Kier molecular flexibility index (Phi) is 6.80. The number of rotatable bonds is 2. The van der Waals surface area contributed by atoms with E-state index in [2.05, 4.69) is 31.0 Å². The average Bonchev–Trinajstić information content (AvgIpc) is 2.64. The molecule has 2 saturated heterocycles. The van der Waals surface area contributed by atoms with Crippen LogP contribution >= 0.6 is 12.4 Å². The zero-order valence-electron chi connectivity index (χ0n) is 13.3. The van der Waals surface area contributed by atoms with Crippen LogP contribution in [-0.2, 0) is 4.79 Å². The number of halogens is 1. The summed E-state index contributed by atoms with van der Waals surface area (Å²) in [5.74, 6) is 1.89. The highest BCUT2D eigenvalue weighted by atomic mass is 35.5. The molecule has 2 unspecified atom stereocenters. The summed E-state index contributed by atoms with van der Waals surface area (Å²) in [6.07, 6.45) is 7.02. The van der Waals surface area contributed by atoms with E-state index in [1.54, 1.807) is 0 Å². The van der Waals surface area contributed by atoms with E-state index in [4.69, 9.17) is 0 Å². The molecule has 2 rings (SSSR count). The Morgan fingerprint density at radius 2 is 1.95 bits per heavy atom. The molecule has 0 aliphatic carbocycles. The minimum Gasteiger partial charge on any atom is -0.341 e. The Morgan fingerprint density at radius 1 is 1.20 bits per heavy atom. The number of piperidine rings is 1. The number of carbonyl (C=O) groups is 1. The van der Waals surface area contributed by atoms with E-state index in [1.165, 1.54) is 32.1 Å². The third-order valence-electron chi connectivity index (χ3n) is 5.09. The standard InChI is InChI=1S/C16H30N2O.ClH/c1-13(2)14-7-6-11-18(12-8-14)15(19)16(3)9-4-5-10-17-16;/h13-14,17H,4-12H2,1-3H3;1H. The highest BCUT2D eigenvalue weighted by Crippen LogP contribution is 2.27. The second-order valence-electron chi connectivity index (χ2n) is 6.94. The number of hydrogen-bond acceptors (Lipinski definition) is 2. The summed E-state index contributed by atoms with van der Waals surface area (Å²) in [5, 5.41) is 3.46. The largest absolute Gasteiger partial charge is 0.341 e. The highest BCUT2D eigenvalue weighted by molar-refractivity contribution is 5.86. The number of likely N-dealkylation sites (tertiary alicyclic amines) is 1. The zero-order valence-corrected chi connectivity index (χ0v) is 14.1. The van der Waals surface area contributed by atoms with Crippen molar-refractivity contribution in [3.63, 3.8) is 0 Å². The Labute approximate surface area is 130 Å². The molecule has 118 valence electrons. The summed E-state index contributed by atoms with van der Waals surface area (Å²) >= 11 is 0. The van der Waals surface area contributed by atoms with Gasteiger partial charge in [-0.1, -0.05) is 13.8 Å². The van der Waals surface area contributed by atoms with Crippen LogP contribution in [0.25, 0.3) is 0 Å². The van der Waals surface area contributed by atoms with Gasteiger partial charge in [-0.15, -0.1) is 12.4 Å². The molecule has 1 amide bonds. The summed E-state index contributed by atoms with van der Waals surface area (Å²) in [7, 11) is 0. The Morgan fingerprint density at radius 3 is 2.55 bits per heavy atom. The van der Waals surface area contributed by atoms with Crippen LogP contribution in [0, 0.1) is 11.8 Å². The molecule has 0 bridgehead atoms. The van der Waals surface area contributed by atoms with Gasteiger partial charge < -0.3 is 10.2 Å². The van der Waals surface area contributed by atoms with Crippen molar-refractivity contribution in [2.75, 3.05) is 19.6 Å². The van der Waals surface area contributed by atoms with Gasteiger partial charge in [-0.3, -0.25) is 4.79 Å². The van der Waals surface area contributed by atoms with Crippen molar-refractivity contribution in [2.45, 2.75) is 64.8 Å². The quantitative estimate of drug-likeness (QED) is 0.849. The number of carbonyl (C=O) groups excluding carboxylic acids is 1. The fraction of sp³-hybridized carbons (Fsp3) is 0.938. The minimum absolute atomic E-state index is 0. The molecule has 0 aromatic carbocycles. The molecule has 2 aliphatic rings. The summed E-state index contributed by atoms with van der Waals surface area (Å²) < 4.78 is 0.